The molecule has 0 saturated carbocycles. The minimum absolute atomic E-state index is 0.000918. The lowest BCUT2D eigenvalue weighted by Crippen LogP contribution is -2.38. The Morgan fingerprint density at radius 1 is 1.29 bits per heavy atom. The fourth-order valence-corrected chi connectivity index (χ4v) is 2.84. The molecule has 7 heteroatoms. The number of nitrogens with zero attached hydrogens (tertiary/aromatic N) is 1. The molecule has 1 aromatic carbocycles. The fourth-order valence-electron chi connectivity index (χ4n) is 1.66. The zero-order valence-corrected chi connectivity index (χ0v) is 13.2. The van der Waals surface area contributed by atoms with Gasteiger partial charge in [0.15, 0.2) is 5.78 Å². The van der Waals surface area contributed by atoms with Crippen molar-refractivity contribution in [3.8, 4) is 0 Å². The second-order valence-electron chi connectivity index (χ2n) is 4.70. The number of carbonyl (C=O) groups excluding carboxylic acids is 2. The van der Waals surface area contributed by atoms with Gasteiger partial charge in [-0.15, -0.1) is 0 Å². The number of benzene rings is 1. The van der Waals surface area contributed by atoms with E-state index >= 15 is 0 Å². The average Bonchev–Trinajstić information content (AvgIpc) is 2.45. The Morgan fingerprint density at radius 3 is 2.52 bits per heavy atom. The summed E-state index contributed by atoms with van der Waals surface area (Å²) < 4.78 is 25.7. The van der Waals surface area contributed by atoms with E-state index in [0.717, 1.165) is 10.7 Å². The van der Waals surface area contributed by atoms with E-state index in [2.05, 4.69) is 5.32 Å². The van der Waals surface area contributed by atoms with E-state index in [1.165, 1.54) is 32.2 Å². The summed E-state index contributed by atoms with van der Waals surface area (Å²) in [7, 11) is -2.46. The van der Waals surface area contributed by atoms with Gasteiger partial charge in [0.1, 0.15) is 0 Å². The summed E-state index contributed by atoms with van der Waals surface area (Å²) in [6.07, 6.45) is 0.781. The van der Waals surface area contributed by atoms with Crippen LogP contribution >= 0.6 is 0 Å². The van der Waals surface area contributed by atoms with Gasteiger partial charge >= 0.3 is 0 Å². The number of likely N-dealkylation sites (N-methyl/N-ethyl adjacent to an activating group) is 1. The molecule has 0 aliphatic heterocycles. The molecule has 6 nitrogen and oxygen atoms in total. The van der Waals surface area contributed by atoms with E-state index in [1.54, 1.807) is 6.07 Å². The van der Waals surface area contributed by atoms with Crippen molar-refractivity contribution in [2.75, 3.05) is 20.1 Å². The molecule has 0 aromatic heterocycles. The molecule has 1 rings (SSSR count). The second kappa shape index (κ2) is 7.33. The Morgan fingerprint density at radius 2 is 1.95 bits per heavy atom. The van der Waals surface area contributed by atoms with Crippen LogP contribution < -0.4 is 5.32 Å². The van der Waals surface area contributed by atoms with Crippen LogP contribution in [0.4, 0.5) is 0 Å². The predicted octanol–water partition coefficient (Wildman–Crippen LogP) is 1.04. The van der Waals surface area contributed by atoms with E-state index in [0.29, 0.717) is 12.1 Å². The predicted molar refractivity (Wildman–Crippen MR) is 79.6 cm³/mol. The van der Waals surface area contributed by atoms with Crippen LogP contribution in [0.2, 0.25) is 0 Å². The number of sulfonamides is 1. The molecule has 0 atom stereocenters. The fraction of sp³-hybridized carbons (Fsp3) is 0.429. The highest BCUT2D eigenvalue weighted by Crippen LogP contribution is 2.16. The SMILES string of the molecule is CCCNC(=O)CN(C)S(=O)(=O)c1cccc(C(C)=O)c1. The largest absolute Gasteiger partial charge is 0.355 e. The summed E-state index contributed by atoms with van der Waals surface area (Å²) in [4.78, 5) is 22.9. The molecule has 1 N–H and O–H groups in total. The summed E-state index contributed by atoms with van der Waals surface area (Å²) in [6, 6.07) is 5.78. The van der Waals surface area contributed by atoms with E-state index in [1.807, 2.05) is 6.92 Å². The second-order valence-corrected chi connectivity index (χ2v) is 6.74. The smallest absolute Gasteiger partial charge is 0.243 e. The summed E-state index contributed by atoms with van der Waals surface area (Å²) >= 11 is 0. The van der Waals surface area contributed by atoms with Crippen LogP contribution in [0.3, 0.4) is 0 Å². The summed E-state index contributed by atoms with van der Waals surface area (Å²) in [5.74, 6) is -0.568. The Bertz CT molecular complexity index is 626. The average molecular weight is 312 g/mol. The molecule has 0 radical (unpaired) electrons. The van der Waals surface area contributed by atoms with Gasteiger partial charge in [-0.2, -0.15) is 4.31 Å². The highest BCUT2D eigenvalue weighted by molar-refractivity contribution is 7.89. The lowest BCUT2D eigenvalue weighted by Gasteiger charge is -2.17. The Balaban J connectivity index is 2.92. The van der Waals surface area contributed by atoms with Crippen molar-refractivity contribution in [1.82, 2.24) is 9.62 Å². The molecule has 0 heterocycles. The highest BCUT2D eigenvalue weighted by atomic mass is 32.2. The van der Waals surface area contributed by atoms with Gasteiger partial charge in [0.05, 0.1) is 11.4 Å². The molecule has 0 spiro atoms. The van der Waals surface area contributed by atoms with Gasteiger partial charge in [-0.25, -0.2) is 8.42 Å². The van der Waals surface area contributed by atoms with Gasteiger partial charge in [0.25, 0.3) is 0 Å². The number of hydrogen-bond donors (Lipinski definition) is 1. The summed E-state index contributed by atoms with van der Waals surface area (Å²) in [5.41, 5.74) is 0.319. The molecule has 0 unspecified atom stereocenters. The third-order valence-corrected chi connectivity index (χ3v) is 4.69. The van der Waals surface area contributed by atoms with Gasteiger partial charge in [-0.05, 0) is 25.5 Å². The van der Waals surface area contributed by atoms with Crippen molar-refractivity contribution in [2.24, 2.45) is 0 Å². The first-order valence-electron chi connectivity index (χ1n) is 6.63. The highest BCUT2D eigenvalue weighted by Gasteiger charge is 2.23. The van der Waals surface area contributed by atoms with Gasteiger partial charge < -0.3 is 5.32 Å². The van der Waals surface area contributed by atoms with Crippen molar-refractivity contribution in [3.63, 3.8) is 0 Å². The van der Waals surface area contributed by atoms with Crippen molar-refractivity contribution < 1.29 is 18.0 Å². The minimum atomic E-state index is -3.79. The Hall–Kier alpha value is -1.73. The van der Waals surface area contributed by atoms with E-state index in [9.17, 15) is 18.0 Å². The number of carbonyl (C=O) groups is 2. The minimum Gasteiger partial charge on any atom is -0.355 e. The van der Waals surface area contributed by atoms with Gasteiger partial charge in [-0.3, -0.25) is 9.59 Å². The molecule has 1 aromatic rings. The van der Waals surface area contributed by atoms with Crippen molar-refractivity contribution >= 4 is 21.7 Å². The Labute approximate surface area is 125 Å². The zero-order chi connectivity index (χ0) is 16.0. The molecular weight excluding hydrogens is 292 g/mol. The van der Waals surface area contributed by atoms with Crippen molar-refractivity contribution in [2.45, 2.75) is 25.2 Å². The number of rotatable bonds is 7. The molecule has 116 valence electrons. The lowest BCUT2D eigenvalue weighted by atomic mass is 10.2. The lowest BCUT2D eigenvalue weighted by molar-refractivity contribution is -0.121. The molecule has 0 bridgehead atoms. The van der Waals surface area contributed by atoms with E-state index in [-0.39, 0.29) is 23.1 Å². The van der Waals surface area contributed by atoms with Crippen LogP contribution in [0, 0.1) is 0 Å². The number of Topliss-reactive ketones (excluding diaryl/α,β-unsaturated/α-hetero) is 1. The maximum absolute atomic E-state index is 12.4. The van der Waals surface area contributed by atoms with Crippen molar-refractivity contribution in [3.05, 3.63) is 29.8 Å². The molecule has 0 saturated heterocycles. The summed E-state index contributed by atoms with van der Waals surface area (Å²) in [5, 5.41) is 2.62. The van der Waals surface area contributed by atoms with Crippen LogP contribution in [-0.4, -0.2) is 44.6 Å². The molecule has 21 heavy (non-hydrogen) atoms. The first-order chi connectivity index (χ1) is 9.78. The number of nitrogens with one attached hydrogen (secondary N) is 1. The van der Waals surface area contributed by atoms with Crippen molar-refractivity contribution in [1.29, 1.82) is 0 Å². The quantitative estimate of drug-likeness (QED) is 0.762. The van der Waals surface area contributed by atoms with Crippen LogP contribution in [0.15, 0.2) is 29.2 Å². The number of hydrogen-bond acceptors (Lipinski definition) is 4. The van der Waals surface area contributed by atoms with Crippen LogP contribution in [0.5, 0.6) is 0 Å². The van der Waals surface area contributed by atoms with E-state index in [4.69, 9.17) is 0 Å². The van der Waals surface area contributed by atoms with E-state index < -0.39 is 10.0 Å². The third kappa shape index (κ3) is 4.64. The zero-order valence-electron chi connectivity index (χ0n) is 12.4. The first kappa shape index (κ1) is 17.3. The molecular formula is C14H20N2O4S. The molecule has 0 aliphatic carbocycles. The topological polar surface area (TPSA) is 83.6 Å². The monoisotopic (exact) mass is 312 g/mol. The van der Waals surface area contributed by atoms with Gasteiger partial charge in [0.2, 0.25) is 15.9 Å². The molecule has 0 aliphatic rings. The number of ketones is 1. The van der Waals surface area contributed by atoms with Crippen LogP contribution in [-0.2, 0) is 14.8 Å². The maximum atomic E-state index is 12.4. The number of amides is 1. The Kier molecular flexibility index (Phi) is 6.04. The summed E-state index contributed by atoms with van der Waals surface area (Å²) in [6.45, 7) is 3.53. The van der Waals surface area contributed by atoms with Crippen LogP contribution in [0.25, 0.3) is 0 Å². The standard InChI is InChI=1S/C14H20N2O4S/c1-4-8-15-14(18)10-16(3)21(19,20)13-7-5-6-12(9-13)11(2)17/h5-7,9H,4,8,10H2,1-3H3,(H,15,18). The van der Waals surface area contributed by atoms with Gasteiger partial charge in [0, 0.05) is 19.2 Å². The molecule has 0 fully saturated rings. The maximum Gasteiger partial charge on any atom is 0.243 e. The third-order valence-electron chi connectivity index (χ3n) is 2.89. The molecule has 1 amide bonds. The van der Waals surface area contributed by atoms with Gasteiger partial charge in [-0.1, -0.05) is 19.1 Å². The first-order valence-corrected chi connectivity index (χ1v) is 8.07. The van der Waals surface area contributed by atoms with Crippen LogP contribution in [0.1, 0.15) is 30.6 Å². The normalized spacial score (nSPS) is 11.4.